The molecule has 5 nitrogen and oxygen atoms in total. The molecule has 0 aliphatic rings. The van der Waals surface area contributed by atoms with Crippen molar-refractivity contribution in [3.63, 3.8) is 0 Å². The third-order valence-corrected chi connectivity index (χ3v) is 3.11. The predicted octanol–water partition coefficient (Wildman–Crippen LogP) is 1.56. The number of benzene rings is 1. The van der Waals surface area contributed by atoms with Crippen molar-refractivity contribution in [2.45, 2.75) is 6.92 Å². The molecular formula is C14H11N3O2. The molecule has 0 bridgehead atoms. The molecule has 1 N–H and O–H groups in total. The molecule has 0 saturated carbocycles. The maximum atomic E-state index is 12.4. The van der Waals surface area contributed by atoms with E-state index in [1.807, 2.05) is 18.2 Å². The molecule has 0 unspecified atom stereocenters. The minimum absolute atomic E-state index is 0.108. The Morgan fingerprint density at radius 1 is 1.26 bits per heavy atom. The number of aryl methyl sites for hydroxylation is 1. The molecule has 94 valence electrons. The fourth-order valence-electron chi connectivity index (χ4n) is 2.14. The maximum absolute atomic E-state index is 12.4. The zero-order chi connectivity index (χ0) is 13.4. The fraction of sp³-hybridized carbons (Fsp3) is 0.0714. The van der Waals surface area contributed by atoms with Gasteiger partial charge in [-0.1, -0.05) is 30.3 Å². The summed E-state index contributed by atoms with van der Waals surface area (Å²) in [4.78, 5) is 26.6. The average molecular weight is 253 g/mol. The number of carbonyl (C=O) groups excluding carboxylic acids is 1. The monoisotopic (exact) mass is 253 g/mol. The van der Waals surface area contributed by atoms with Crippen molar-refractivity contribution in [3.8, 4) is 0 Å². The molecule has 0 aliphatic carbocycles. The number of aromatic amines is 1. The third kappa shape index (κ3) is 1.76. The summed E-state index contributed by atoms with van der Waals surface area (Å²) in [6.45, 7) is 1.75. The first-order valence-corrected chi connectivity index (χ1v) is 5.84. The molecule has 0 spiro atoms. The first-order valence-electron chi connectivity index (χ1n) is 5.84. The second kappa shape index (κ2) is 4.20. The number of aromatic nitrogens is 3. The van der Waals surface area contributed by atoms with Crippen LogP contribution in [0.25, 0.3) is 5.52 Å². The standard InChI is InChI=1S/C14H11N3O2/c1-9-11(13(18)10-5-3-2-4-6-10)7-17-12(9)14(19)15-8-16-17/h2-8H,1H3,(H,15,16,19). The topological polar surface area (TPSA) is 67.2 Å². The lowest BCUT2D eigenvalue weighted by atomic mass is 10.0. The van der Waals surface area contributed by atoms with E-state index in [4.69, 9.17) is 0 Å². The van der Waals surface area contributed by atoms with E-state index in [2.05, 4.69) is 10.1 Å². The van der Waals surface area contributed by atoms with E-state index >= 15 is 0 Å². The first-order chi connectivity index (χ1) is 9.18. The van der Waals surface area contributed by atoms with Crippen LogP contribution in [0.2, 0.25) is 0 Å². The van der Waals surface area contributed by atoms with Crippen molar-refractivity contribution in [3.05, 3.63) is 69.9 Å². The Kier molecular flexibility index (Phi) is 2.52. The van der Waals surface area contributed by atoms with Crippen molar-refractivity contribution in [1.82, 2.24) is 14.6 Å². The van der Waals surface area contributed by atoms with Crippen LogP contribution in [-0.4, -0.2) is 20.4 Å². The van der Waals surface area contributed by atoms with Crippen molar-refractivity contribution in [1.29, 1.82) is 0 Å². The lowest BCUT2D eigenvalue weighted by Gasteiger charge is -1.98. The molecule has 5 heteroatoms. The second-order valence-electron chi connectivity index (χ2n) is 4.27. The molecule has 0 saturated heterocycles. The summed E-state index contributed by atoms with van der Waals surface area (Å²) in [5.41, 5.74) is 1.89. The summed E-state index contributed by atoms with van der Waals surface area (Å²) >= 11 is 0. The van der Waals surface area contributed by atoms with Crippen molar-refractivity contribution < 1.29 is 4.79 Å². The Morgan fingerprint density at radius 3 is 2.68 bits per heavy atom. The molecule has 2 heterocycles. The van der Waals surface area contributed by atoms with Gasteiger partial charge in [-0.05, 0) is 12.5 Å². The van der Waals surface area contributed by atoms with E-state index in [0.717, 1.165) is 0 Å². The Balaban J connectivity index is 2.22. The lowest BCUT2D eigenvalue weighted by molar-refractivity contribution is 0.103. The van der Waals surface area contributed by atoms with Crippen LogP contribution >= 0.6 is 0 Å². The van der Waals surface area contributed by atoms with E-state index in [0.29, 0.717) is 22.2 Å². The summed E-state index contributed by atoms with van der Waals surface area (Å²) in [6, 6.07) is 8.97. The molecule has 0 fully saturated rings. The molecule has 3 rings (SSSR count). The highest BCUT2D eigenvalue weighted by atomic mass is 16.1. The minimum Gasteiger partial charge on any atom is -0.310 e. The molecule has 19 heavy (non-hydrogen) atoms. The highest BCUT2D eigenvalue weighted by Gasteiger charge is 2.17. The van der Waals surface area contributed by atoms with Crippen molar-refractivity contribution in [2.75, 3.05) is 0 Å². The molecule has 1 aromatic carbocycles. The smallest absolute Gasteiger partial charge is 0.275 e. The van der Waals surface area contributed by atoms with E-state index in [1.54, 1.807) is 25.3 Å². The molecule has 0 atom stereocenters. The van der Waals surface area contributed by atoms with Crippen LogP contribution in [0.15, 0.2) is 47.7 Å². The van der Waals surface area contributed by atoms with Gasteiger partial charge in [0.25, 0.3) is 5.56 Å². The number of nitrogens with one attached hydrogen (secondary N) is 1. The van der Waals surface area contributed by atoms with E-state index in [1.165, 1.54) is 10.8 Å². The Morgan fingerprint density at radius 2 is 2.00 bits per heavy atom. The van der Waals surface area contributed by atoms with Gasteiger partial charge in [-0.15, -0.1) is 0 Å². The highest BCUT2D eigenvalue weighted by Crippen LogP contribution is 2.17. The molecule has 3 aromatic rings. The van der Waals surface area contributed by atoms with Gasteiger partial charge in [0, 0.05) is 17.3 Å². The molecule has 0 amide bonds. The first kappa shape index (κ1) is 11.4. The maximum Gasteiger partial charge on any atom is 0.275 e. The molecule has 0 radical (unpaired) electrons. The van der Waals surface area contributed by atoms with Gasteiger partial charge in [0.1, 0.15) is 11.8 Å². The Bertz CT molecular complexity index is 816. The minimum atomic E-state index is -0.250. The lowest BCUT2D eigenvalue weighted by Crippen LogP contribution is -2.10. The van der Waals surface area contributed by atoms with Gasteiger partial charge in [-0.2, -0.15) is 5.10 Å². The third-order valence-electron chi connectivity index (χ3n) is 3.11. The van der Waals surface area contributed by atoms with Crippen LogP contribution in [0.5, 0.6) is 0 Å². The summed E-state index contributed by atoms with van der Waals surface area (Å²) in [6.07, 6.45) is 2.90. The van der Waals surface area contributed by atoms with Gasteiger partial charge >= 0.3 is 0 Å². The van der Waals surface area contributed by atoms with Gasteiger partial charge in [0.15, 0.2) is 5.78 Å². The summed E-state index contributed by atoms with van der Waals surface area (Å²) in [7, 11) is 0. The number of rotatable bonds is 2. The van der Waals surface area contributed by atoms with Gasteiger partial charge in [-0.25, -0.2) is 4.52 Å². The zero-order valence-electron chi connectivity index (χ0n) is 10.3. The summed E-state index contributed by atoms with van der Waals surface area (Å²) in [5, 5.41) is 4.01. The number of carbonyl (C=O) groups is 1. The number of ketones is 1. The van der Waals surface area contributed by atoms with Crippen LogP contribution in [0.3, 0.4) is 0 Å². The van der Waals surface area contributed by atoms with Gasteiger partial charge in [-0.3, -0.25) is 9.59 Å². The quantitative estimate of drug-likeness (QED) is 0.705. The van der Waals surface area contributed by atoms with Gasteiger partial charge in [0.05, 0.1) is 0 Å². The van der Waals surface area contributed by atoms with E-state index < -0.39 is 0 Å². The van der Waals surface area contributed by atoms with Crippen LogP contribution in [0.1, 0.15) is 21.5 Å². The van der Waals surface area contributed by atoms with Crippen molar-refractivity contribution >= 4 is 11.3 Å². The van der Waals surface area contributed by atoms with Crippen molar-refractivity contribution in [2.24, 2.45) is 0 Å². The predicted molar refractivity (Wildman–Crippen MR) is 70.4 cm³/mol. The van der Waals surface area contributed by atoms with Crippen LogP contribution < -0.4 is 5.56 Å². The number of fused-ring (bicyclic) bond motifs is 1. The molecule has 2 aromatic heterocycles. The highest BCUT2D eigenvalue weighted by molar-refractivity contribution is 6.10. The second-order valence-corrected chi connectivity index (χ2v) is 4.27. The summed E-state index contributed by atoms with van der Waals surface area (Å²) < 4.78 is 1.43. The number of nitrogens with zero attached hydrogens (tertiary/aromatic N) is 2. The van der Waals surface area contributed by atoms with Crippen LogP contribution in [-0.2, 0) is 0 Å². The SMILES string of the molecule is Cc1c(C(=O)c2ccccc2)cn2nc[nH]c(=O)c12. The molecular weight excluding hydrogens is 242 g/mol. The average Bonchev–Trinajstić information content (AvgIpc) is 2.78. The number of hydrogen-bond acceptors (Lipinski definition) is 3. The number of hydrogen-bond donors (Lipinski definition) is 1. The van der Waals surface area contributed by atoms with Gasteiger partial charge < -0.3 is 4.98 Å². The zero-order valence-corrected chi connectivity index (χ0v) is 10.3. The van der Waals surface area contributed by atoms with E-state index in [-0.39, 0.29) is 11.3 Å². The molecule has 0 aliphatic heterocycles. The normalized spacial score (nSPS) is 10.8. The van der Waals surface area contributed by atoms with Gasteiger partial charge in [0.2, 0.25) is 0 Å². The fourth-order valence-corrected chi connectivity index (χ4v) is 2.14. The van der Waals surface area contributed by atoms with Crippen LogP contribution in [0, 0.1) is 6.92 Å². The Hall–Kier alpha value is -2.69. The van der Waals surface area contributed by atoms with Crippen LogP contribution in [0.4, 0.5) is 0 Å². The largest absolute Gasteiger partial charge is 0.310 e. The van der Waals surface area contributed by atoms with E-state index in [9.17, 15) is 9.59 Å². The Labute approximate surface area is 108 Å². The number of H-pyrrole nitrogens is 1. The summed E-state index contributed by atoms with van der Waals surface area (Å²) in [5.74, 6) is -0.108.